The predicted octanol–water partition coefficient (Wildman–Crippen LogP) is 2.05. The van der Waals surface area contributed by atoms with E-state index in [1.807, 2.05) is 36.6 Å². The Balaban J connectivity index is 2.62. The number of hydrogen-bond acceptors (Lipinski definition) is 2. The van der Waals surface area contributed by atoms with Crippen molar-refractivity contribution in [3.05, 3.63) is 35.9 Å². The van der Waals surface area contributed by atoms with Crippen LogP contribution in [0.1, 0.15) is 5.56 Å². The number of carbonyl (C=O) groups is 1. The highest BCUT2D eigenvalue weighted by Gasteiger charge is 2.15. The van der Waals surface area contributed by atoms with Gasteiger partial charge in [-0.05, 0) is 18.2 Å². The molecule has 0 aliphatic rings. The van der Waals surface area contributed by atoms with E-state index in [-0.39, 0.29) is 5.25 Å². The molecule has 0 aliphatic heterocycles. The van der Waals surface area contributed by atoms with Crippen molar-refractivity contribution >= 4 is 17.7 Å². The Morgan fingerprint density at radius 2 is 2.08 bits per heavy atom. The highest BCUT2D eigenvalue weighted by atomic mass is 32.2. The number of carboxylic acids is 1. The number of aliphatic carboxylic acids is 1. The molecule has 0 amide bonds. The Kier molecular flexibility index (Phi) is 3.83. The van der Waals surface area contributed by atoms with E-state index < -0.39 is 5.97 Å². The third kappa shape index (κ3) is 3.11. The van der Waals surface area contributed by atoms with Gasteiger partial charge in [0.1, 0.15) is 5.25 Å². The molecule has 0 radical (unpaired) electrons. The van der Waals surface area contributed by atoms with E-state index in [0.717, 1.165) is 5.56 Å². The fraction of sp³-hybridized carbons (Fsp3) is 0.300. The molecule has 1 aromatic rings. The van der Waals surface area contributed by atoms with Crippen LogP contribution >= 0.6 is 11.8 Å². The van der Waals surface area contributed by atoms with Crippen LogP contribution in [0.3, 0.4) is 0 Å². The molecule has 0 aliphatic carbocycles. The Labute approximate surface area is 82.0 Å². The molecule has 0 saturated carbocycles. The van der Waals surface area contributed by atoms with Crippen LogP contribution in [0.15, 0.2) is 30.3 Å². The second-order valence-electron chi connectivity index (χ2n) is 2.75. The zero-order valence-corrected chi connectivity index (χ0v) is 8.25. The molecule has 0 saturated heterocycles. The van der Waals surface area contributed by atoms with Crippen molar-refractivity contribution in [3.63, 3.8) is 0 Å². The van der Waals surface area contributed by atoms with Crippen LogP contribution < -0.4 is 0 Å². The molecule has 1 unspecified atom stereocenters. The molecule has 13 heavy (non-hydrogen) atoms. The van der Waals surface area contributed by atoms with Gasteiger partial charge in [-0.1, -0.05) is 30.3 Å². The maximum Gasteiger partial charge on any atom is 0.316 e. The molecular weight excluding hydrogens is 184 g/mol. The van der Waals surface area contributed by atoms with E-state index in [9.17, 15) is 4.79 Å². The second kappa shape index (κ2) is 4.92. The number of thioether (sulfide) groups is 1. The first-order valence-electron chi connectivity index (χ1n) is 4.03. The molecule has 0 heterocycles. The van der Waals surface area contributed by atoms with E-state index in [1.165, 1.54) is 11.8 Å². The van der Waals surface area contributed by atoms with Crippen molar-refractivity contribution < 1.29 is 9.90 Å². The molecule has 1 rings (SSSR count). The van der Waals surface area contributed by atoms with Gasteiger partial charge in [0, 0.05) is 0 Å². The molecule has 1 aromatic carbocycles. The third-order valence-electron chi connectivity index (χ3n) is 1.82. The zero-order chi connectivity index (χ0) is 9.68. The van der Waals surface area contributed by atoms with Gasteiger partial charge in [0.25, 0.3) is 0 Å². The largest absolute Gasteiger partial charge is 0.480 e. The molecule has 2 nitrogen and oxygen atoms in total. The SMILES string of the molecule is CSC(Cc1ccccc1)C(=O)O. The summed E-state index contributed by atoms with van der Waals surface area (Å²) in [7, 11) is 0. The van der Waals surface area contributed by atoms with Crippen molar-refractivity contribution in [3.8, 4) is 0 Å². The first kappa shape index (κ1) is 10.1. The van der Waals surface area contributed by atoms with Gasteiger partial charge in [0.2, 0.25) is 0 Å². The molecule has 70 valence electrons. The summed E-state index contributed by atoms with van der Waals surface area (Å²) < 4.78 is 0. The number of hydrogen-bond donors (Lipinski definition) is 1. The fourth-order valence-electron chi connectivity index (χ4n) is 1.10. The molecular formula is C10H12O2S. The fourth-order valence-corrected chi connectivity index (χ4v) is 1.66. The van der Waals surface area contributed by atoms with E-state index in [0.29, 0.717) is 6.42 Å². The maximum absolute atomic E-state index is 10.7. The van der Waals surface area contributed by atoms with Gasteiger partial charge in [-0.15, -0.1) is 11.8 Å². The summed E-state index contributed by atoms with van der Waals surface area (Å²) in [6.07, 6.45) is 2.42. The van der Waals surface area contributed by atoms with Gasteiger partial charge in [-0.25, -0.2) is 0 Å². The number of carboxylic acid groups (broad SMARTS) is 1. The van der Waals surface area contributed by atoms with Crippen LogP contribution in [0.4, 0.5) is 0 Å². The molecule has 1 atom stereocenters. The second-order valence-corrected chi connectivity index (χ2v) is 3.79. The van der Waals surface area contributed by atoms with Crippen LogP contribution in [-0.2, 0) is 11.2 Å². The molecule has 0 aromatic heterocycles. The minimum absolute atomic E-state index is 0.331. The summed E-state index contributed by atoms with van der Waals surface area (Å²) in [5.74, 6) is -0.739. The maximum atomic E-state index is 10.7. The molecule has 0 spiro atoms. The highest BCUT2D eigenvalue weighted by molar-refractivity contribution is 7.99. The first-order valence-corrected chi connectivity index (χ1v) is 5.32. The van der Waals surface area contributed by atoms with E-state index in [4.69, 9.17) is 5.11 Å². The minimum atomic E-state index is -0.739. The quantitative estimate of drug-likeness (QED) is 0.800. The van der Waals surface area contributed by atoms with Crippen molar-refractivity contribution in [2.24, 2.45) is 0 Å². The van der Waals surface area contributed by atoms with Gasteiger partial charge in [0.05, 0.1) is 0 Å². The average molecular weight is 196 g/mol. The summed E-state index contributed by atoms with van der Waals surface area (Å²) in [6, 6.07) is 9.68. The standard InChI is InChI=1S/C10H12O2S/c1-13-9(10(11)12)7-8-5-3-2-4-6-8/h2-6,9H,7H2,1H3,(H,11,12). The van der Waals surface area contributed by atoms with Crippen LogP contribution in [0.2, 0.25) is 0 Å². The topological polar surface area (TPSA) is 37.3 Å². The van der Waals surface area contributed by atoms with Crippen LogP contribution in [0.5, 0.6) is 0 Å². The minimum Gasteiger partial charge on any atom is -0.480 e. The Morgan fingerprint density at radius 3 is 2.54 bits per heavy atom. The van der Waals surface area contributed by atoms with E-state index >= 15 is 0 Å². The first-order chi connectivity index (χ1) is 6.24. The van der Waals surface area contributed by atoms with Crippen molar-refractivity contribution in [1.82, 2.24) is 0 Å². The lowest BCUT2D eigenvalue weighted by Crippen LogP contribution is -2.18. The molecule has 0 fully saturated rings. The van der Waals surface area contributed by atoms with Gasteiger partial charge >= 0.3 is 5.97 Å². The Bertz CT molecular complexity index is 272. The summed E-state index contributed by atoms with van der Waals surface area (Å²) >= 11 is 1.37. The number of benzene rings is 1. The summed E-state index contributed by atoms with van der Waals surface area (Å²) in [5.41, 5.74) is 1.07. The Hall–Kier alpha value is -0.960. The lowest BCUT2D eigenvalue weighted by atomic mass is 10.1. The van der Waals surface area contributed by atoms with Gasteiger partial charge in [-0.2, -0.15) is 0 Å². The average Bonchev–Trinajstić information content (AvgIpc) is 2.15. The van der Waals surface area contributed by atoms with Gasteiger partial charge in [-0.3, -0.25) is 4.79 Å². The zero-order valence-electron chi connectivity index (χ0n) is 7.43. The lowest BCUT2D eigenvalue weighted by Gasteiger charge is -2.08. The van der Waals surface area contributed by atoms with Gasteiger partial charge in [0.15, 0.2) is 0 Å². The van der Waals surface area contributed by atoms with Crippen LogP contribution in [-0.4, -0.2) is 22.6 Å². The molecule has 0 bridgehead atoms. The van der Waals surface area contributed by atoms with Crippen molar-refractivity contribution in [2.45, 2.75) is 11.7 Å². The number of rotatable bonds is 4. The van der Waals surface area contributed by atoms with Gasteiger partial charge < -0.3 is 5.11 Å². The lowest BCUT2D eigenvalue weighted by molar-refractivity contribution is -0.136. The molecule has 1 N–H and O–H groups in total. The normalized spacial score (nSPS) is 12.4. The van der Waals surface area contributed by atoms with Crippen molar-refractivity contribution in [2.75, 3.05) is 6.26 Å². The summed E-state index contributed by atoms with van der Waals surface area (Å²) in [4.78, 5) is 10.7. The van der Waals surface area contributed by atoms with E-state index in [1.54, 1.807) is 0 Å². The van der Waals surface area contributed by atoms with Crippen molar-refractivity contribution in [1.29, 1.82) is 0 Å². The molecule has 3 heteroatoms. The van der Waals surface area contributed by atoms with E-state index in [2.05, 4.69) is 0 Å². The summed E-state index contributed by atoms with van der Waals surface area (Å²) in [6.45, 7) is 0. The monoisotopic (exact) mass is 196 g/mol. The predicted molar refractivity (Wildman–Crippen MR) is 55.1 cm³/mol. The summed E-state index contributed by atoms with van der Waals surface area (Å²) in [5, 5.41) is 8.48. The van der Waals surface area contributed by atoms with Crippen LogP contribution in [0.25, 0.3) is 0 Å². The Morgan fingerprint density at radius 1 is 1.46 bits per heavy atom. The third-order valence-corrected chi connectivity index (χ3v) is 2.76. The smallest absolute Gasteiger partial charge is 0.316 e. The highest BCUT2D eigenvalue weighted by Crippen LogP contribution is 2.13. The van der Waals surface area contributed by atoms with Crippen LogP contribution in [0, 0.1) is 0 Å².